The third kappa shape index (κ3) is 4.51. The lowest BCUT2D eigenvalue weighted by Crippen LogP contribution is -2.36. The van der Waals surface area contributed by atoms with Crippen molar-refractivity contribution in [2.75, 3.05) is 6.61 Å². The summed E-state index contributed by atoms with van der Waals surface area (Å²) in [5.74, 6) is 0. The van der Waals surface area contributed by atoms with Gasteiger partial charge in [0, 0.05) is 0 Å². The van der Waals surface area contributed by atoms with Gasteiger partial charge in [-0.15, -0.1) is 0 Å². The molecule has 0 radical (unpaired) electrons. The van der Waals surface area contributed by atoms with Crippen LogP contribution in [-0.4, -0.2) is 32.6 Å². The third-order valence-electron chi connectivity index (χ3n) is 2.75. The molecule has 0 fully saturated rings. The van der Waals surface area contributed by atoms with Gasteiger partial charge < -0.3 is 8.17 Å². The van der Waals surface area contributed by atoms with Crippen molar-refractivity contribution in [3.8, 4) is 0 Å². The number of aliphatic hydroxyl groups is 1. The number of hydrogen-bond donors (Lipinski definition) is 1. The normalized spacial score (nSPS) is 15.8. The van der Waals surface area contributed by atoms with Crippen LogP contribution in [-0.2, 0) is 3.07 Å². The van der Waals surface area contributed by atoms with Crippen molar-refractivity contribution in [3.05, 3.63) is 12.7 Å². The number of aromatic nitrogens is 3. The molecule has 0 saturated carbocycles. The maximum Gasteiger partial charge on any atom is 0.137 e. The van der Waals surface area contributed by atoms with E-state index in [2.05, 4.69) is 10.1 Å². The molecule has 1 N–H and O–H groups in total. The zero-order valence-electron chi connectivity index (χ0n) is 10.5. The lowest BCUT2D eigenvalue weighted by Gasteiger charge is -2.32. The van der Waals surface area contributed by atoms with Crippen molar-refractivity contribution in [2.24, 2.45) is 5.41 Å². The van der Waals surface area contributed by atoms with Crippen molar-refractivity contribution in [1.29, 1.82) is 0 Å². The minimum Gasteiger partial charge on any atom is -0.390 e. The number of halogens is 1. The molecule has 98 valence electrons. The van der Waals surface area contributed by atoms with Crippen LogP contribution in [0.5, 0.6) is 0 Å². The minimum absolute atomic E-state index is 0.0518. The first kappa shape index (κ1) is 14.8. The van der Waals surface area contributed by atoms with Crippen LogP contribution in [0.3, 0.4) is 0 Å². The lowest BCUT2D eigenvalue weighted by molar-refractivity contribution is 0.00797. The van der Waals surface area contributed by atoms with Crippen LogP contribution in [0, 0.1) is 5.41 Å². The first-order chi connectivity index (χ1) is 7.96. The van der Waals surface area contributed by atoms with Gasteiger partial charge in [-0.2, -0.15) is 5.10 Å². The van der Waals surface area contributed by atoms with Crippen LogP contribution in [0.15, 0.2) is 12.7 Å². The Morgan fingerprint density at radius 3 is 2.65 bits per heavy atom. The average molecular weight is 353 g/mol. The van der Waals surface area contributed by atoms with Crippen LogP contribution >= 0.6 is 23.0 Å². The Kier molecular flexibility index (Phi) is 5.81. The summed E-state index contributed by atoms with van der Waals surface area (Å²) in [6, 6.07) is -0.0518. The Morgan fingerprint density at radius 1 is 1.47 bits per heavy atom. The zero-order valence-corrected chi connectivity index (χ0v) is 12.7. The Bertz CT molecular complexity index is 311. The highest BCUT2D eigenvalue weighted by Crippen LogP contribution is 2.30. The molecule has 1 aromatic heterocycles. The molecule has 0 aliphatic rings. The van der Waals surface area contributed by atoms with Crippen molar-refractivity contribution < 1.29 is 8.17 Å². The zero-order chi connectivity index (χ0) is 12.9. The molecule has 2 unspecified atom stereocenters. The Hall–Kier alpha value is -0.210. The molecule has 17 heavy (non-hydrogen) atoms. The molecule has 1 aromatic rings. The predicted molar refractivity (Wildman–Crippen MR) is 73.7 cm³/mol. The number of hydrogen-bond acceptors (Lipinski definition) is 4. The molecule has 0 bridgehead atoms. The molecule has 0 aliphatic carbocycles. The number of aliphatic hydroxyl groups excluding tert-OH is 1. The fraction of sp³-hybridized carbons (Fsp3) is 0.818. The third-order valence-corrected chi connectivity index (χ3v) is 3.19. The highest BCUT2D eigenvalue weighted by Gasteiger charge is 2.31. The lowest BCUT2D eigenvalue weighted by atomic mass is 9.83. The molecule has 0 aromatic carbocycles. The van der Waals surface area contributed by atoms with Gasteiger partial charge in [-0.1, -0.05) is 20.8 Å². The summed E-state index contributed by atoms with van der Waals surface area (Å²) in [7, 11) is 0. The average Bonchev–Trinajstić information content (AvgIpc) is 2.75. The van der Waals surface area contributed by atoms with Crippen molar-refractivity contribution >= 4 is 23.0 Å². The molecule has 1 heterocycles. The fourth-order valence-electron chi connectivity index (χ4n) is 1.75. The maximum absolute atomic E-state index is 10.4. The van der Waals surface area contributed by atoms with Crippen LogP contribution in [0.2, 0.25) is 0 Å². The van der Waals surface area contributed by atoms with Crippen LogP contribution in [0.4, 0.5) is 0 Å². The SMILES string of the molecule is CC(C)(C)C(O)C(CCCOI)n1cncn1. The maximum atomic E-state index is 10.4. The van der Waals surface area contributed by atoms with Gasteiger partial charge in [-0.25, -0.2) is 9.67 Å². The monoisotopic (exact) mass is 353 g/mol. The summed E-state index contributed by atoms with van der Waals surface area (Å²) >= 11 is 1.88. The van der Waals surface area contributed by atoms with Crippen LogP contribution in [0.1, 0.15) is 39.7 Å². The summed E-state index contributed by atoms with van der Waals surface area (Å²) in [6.45, 7) is 6.76. The molecule has 5 nitrogen and oxygen atoms in total. The van der Waals surface area contributed by atoms with E-state index in [0.29, 0.717) is 6.61 Å². The molecule has 0 amide bonds. The summed E-state index contributed by atoms with van der Waals surface area (Å²) in [4.78, 5) is 3.94. The van der Waals surface area contributed by atoms with Crippen molar-refractivity contribution in [1.82, 2.24) is 14.8 Å². The van der Waals surface area contributed by atoms with E-state index in [1.165, 1.54) is 6.33 Å². The predicted octanol–water partition coefficient (Wildman–Crippen LogP) is 2.37. The van der Waals surface area contributed by atoms with E-state index >= 15 is 0 Å². The van der Waals surface area contributed by atoms with Gasteiger partial charge in [0.05, 0.1) is 18.8 Å². The van der Waals surface area contributed by atoms with Gasteiger partial charge in [0.1, 0.15) is 35.7 Å². The second kappa shape index (κ2) is 6.65. The van der Waals surface area contributed by atoms with Gasteiger partial charge >= 0.3 is 0 Å². The number of rotatable bonds is 6. The molecular weight excluding hydrogens is 333 g/mol. The first-order valence-electron chi connectivity index (χ1n) is 5.72. The molecule has 0 aliphatic heterocycles. The highest BCUT2D eigenvalue weighted by molar-refractivity contribution is 14.1. The summed E-state index contributed by atoms with van der Waals surface area (Å²) in [6.07, 6.45) is 4.41. The molecular formula is C11H20IN3O2. The minimum atomic E-state index is -0.460. The second-order valence-corrected chi connectivity index (χ2v) is 5.83. The van der Waals surface area contributed by atoms with Gasteiger partial charge in [0.25, 0.3) is 0 Å². The Balaban J connectivity index is 2.72. The van der Waals surface area contributed by atoms with E-state index < -0.39 is 6.10 Å². The van der Waals surface area contributed by atoms with Crippen molar-refractivity contribution in [3.63, 3.8) is 0 Å². The molecule has 0 spiro atoms. The van der Waals surface area contributed by atoms with E-state index in [-0.39, 0.29) is 11.5 Å². The number of nitrogens with zero attached hydrogens (tertiary/aromatic N) is 3. The Labute approximate surface area is 116 Å². The van der Waals surface area contributed by atoms with E-state index in [1.807, 2.05) is 43.8 Å². The van der Waals surface area contributed by atoms with E-state index in [9.17, 15) is 5.11 Å². The van der Waals surface area contributed by atoms with Gasteiger partial charge in [-0.3, -0.25) is 0 Å². The Morgan fingerprint density at radius 2 is 2.18 bits per heavy atom. The van der Waals surface area contributed by atoms with Gasteiger partial charge in [0.2, 0.25) is 0 Å². The first-order valence-corrected chi connectivity index (χ1v) is 6.60. The van der Waals surface area contributed by atoms with E-state index in [1.54, 1.807) is 11.0 Å². The molecule has 0 saturated heterocycles. The second-order valence-electron chi connectivity index (χ2n) is 5.21. The molecule has 1 rings (SSSR count). The fourth-order valence-corrected chi connectivity index (χ4v) is 2.06. The van der Waals surface area contributed by atoms with Crippen LogP contribution < -0.4 is 0 Å². The van der Waals surface area contributed by atoms with Gasteiger partial charge in [0.15, 0.2) is 0 Å². The summed E-state index contributed by atoms with van der Waals surface area (Å²) in [5, 5.41) is 14.5. The smallest absolute Gasteiger partial charge is 0.137 e. The van der Waals surface area contributed by atoms with E-state index in [4.69, 9.17) is 3.07 Å². The standard InChI is InChI=1S/C11H20IN3O2/c1-11(2,3)10(16)9(5-4-6-17-12)15-8-13-7-14-15/h7-10,16H,4-6H2,1-3H3. The largest absolute Gasteiger partial charge is 0.390 e. The topological polar surface area (TPSA) is 60.2 Å². The van der Waals surface area contributed by atoms with Crippen molar-refractivity contribution in [2.45, 2.75) is 45.8 Å². The molecule has 6 heteroatoms. The quantitative estimate of drug-likeness (QED) is 0.630. The summed E-state index contributed by atoms with van der Waals surface area (Å²) < 4.78 is 6.76. The van der Waals surface area contributed by atoms with E-state index in [0.717, 1.165) is 12.8 Å². The summed E-state index contributed by atoms with van der Waals surface area (Å²) in [5.41, 5.74) is -0.179. The highest BCUT2D eigenvalue weighted by atomic mass is 127. The van der Waals surface area contributed by atoms with Crippen LogP contribution in [0.25, 0.3) is 0 Å². The van der Waals surface area contributed by atoms with Gasteiger partial charge in [-0.05, 0) is 18.3 Å². The molecule has 2 atom stereocenters.